The van der Waals surface area contributed by atoms with Gasteiger partial charge in [0.2, 0.25) is 0 Å². The molecule has 0 radical (unpaired) electrons. The Bertz CT molecular complexity index is 348. The molecular weight excluding hydrogens is 160 g/mol. The molecule has 1 heterocycles. The molecular formula is C12H16O. The fraction of sp³-hybridized carbons (Fsp3) is 0.500. The molecule has 0 saturated carbocycles. The Labute approximate surface area is 79.7 Å². The lowest BCUT2D eigenvalue weighted by molar-refractivity contribution is 0.328. The third kappa shape index (κ3) is 1.28. The molecule has 1 saturated heterocycles. The summed E-state index contributed by atoms with van der Waals surface area (Å²) in [5.41, 5.74) is 5.53. The first-order valence-corrected chi connectivity index (χ1v) is 4.76. The lowest BCUT2D eigenvalue weighted by atomic mass is 9.91. The molecule has 1 fully saturated rings. The van der Waals surface area contributed by atoms with E-state index in [0.717, 1.165) is 6.61 Å². The zero-order valence-electron chi connectivity index (χ0n) is 8.77. The molecule has 0 aromatic heterocycles. The average Bonchev–Trinajstić information content (AvgIpc) is 2.80. The molecule has 1 aromatic rings. The minimum Gasteiger partial charge on any atom is -0.365 e. The molecule has 1 aromatic carbocycles. The van der Waals surface area contributed by atoms with Crippen LogP contribution in [0.25, 0.3) is 0 Å². The van der Waals surface area contributed by atoms with Crippen molar-refractivity contribution in [3.8, 4) is 0 Å². The lowest BCUT2D eigenvalue weighted by Gasteiger charge is -2.13. The highest BCUT2D eigenvalue weighted by molar-refractivity contribution is 5.42. The number of hydrogen-bond donors (Lipinski definition) is 0. The van der Waals surface area contributed by atoms with Crippen molar-refractivity contribution in [1.29, 1.82) is 0 Å². The summed E-state index contributed by atoms with van der Waals surface area (Å²) in [6.45, 7) is 9.55. The van der Waals surface area contributed by atoms with E-state index in [1.165, 1.54) is 22.3 Å². The maximum Gasteiger partial charge on any atom is 0.114 e. The highest BCUT2D eigenvalue weighted by Gasteiger charge is 2.42. The van der Waals surface area contributed by atoms with E-state index >= 15 is 0 Å². The van der Waals surface area contributed by atoms with E-state index in [1.807, 2.05) is 0 Å². The quantitative estimate of drug-likeness (QED) is 0.599. The van der Waals surface area contributed by atoms with Gasteiger partial charge in [-0.1, -0.05) is 12.1 Å². The van der Waals surface area contributed by atoms with Gasteiger partial charge in [0, 0.05) is 0 Å². The molecule has 0 N–H and O–H groups in total. The van der Waals surface area contributed by atoms with Crippen LogP contribution in [-0.4, -0.2) is 6.61 Å². The van der Waals surface area contributed by atoms with Crippen LogP contribution in [0.4, 0.5) is 0 Å². The van der Waals surface area contributed by atoms with Crippen molar-refractivity contribution in [2.45, 2.75) is 33.3 Å². The number of benzene rings is 1. The molecule has 0 amide bonds. The largest absolute Gasteiger partial charge is 0.365 e. The summed E-state index contributed by atoms with van der Waals surface area (Å²) in [5, 5.41) is 0. The molecule has 1 aliphatic heterocycles. The van der Waals surface area contributed by atoms with Crippen LogP contribution in [0.5, 0.6) is 0 Å². The van der Waals surface area contributed by atoms with Crippen LogP contribution >= 0.6 is 0 Å². The third-order valence-electron chi connectivity index (χ3n) is 3.21. The van der Waals surface area contributed by atoms with Crippen LogP contribution in [0.1, 0.15) is 29.2 Å². The van der Waals surface area contributed by atoms with Crippen LogP contribution < -0.4 is 0 Å². The minimum atomic E-state index is 0.0164. The molecule has 0 bridgehead atoms. The second-order valence-electron chi connectivity index (χ2n) is 4.20. The van der Waals surface area contributed by atoms with Gasteiger partial charge in [0.25, 0.3) is 0 Å². The summed E-state index contributed by atoms with van der Waals surface area (Å²) in [7, 11) is 0. The van der Waals surface area contributed by atoms with Gasteiger partial charge in [0.15, 0.2) is 0 Å². The SMILES string of the molecule is Cc1ccc(C2(C)CO2)c(C)c1C. The molecule has 2 rings (SSSR count). The van der Waals surface area contributed by atoms with E-state index in [0.29, 0.717) is 0 Å². The van der Waals surface area contributed by atoms with E-state index in [4.69, 9.17) is 4.74 Å². The maximum absolute atomic E-state index is 5.46. The summed E-state index contributed by atoms with van der Waals surface area (Å²) < 4.78 is 5.46. The van der Waals surface area contributed by atoms with E-state index in [9.17, 15) is 0 Å². The molecule has 1 nitrogen and oxygen atoms in total. The van der Waals surface area contributed by atoms with Gasteiger partial charge in [-0.05, 0) is 49.9 Å². The van der Waals surface area contributed by atoms with Crippen molar-refractivity contribution in [1.82, 2.24) is 0 Å². The van der Waals surface area contributed by atoms with Gasteiger partial charge in [-0.2, -0.15) is 0 Å². The maximum atomic E-state index is 5.46. The van der Waals surface area contributed by atoms with Crippen molar-refractivity contribution in [2.24, 2.45) is 0 Å². The summed E-state index contributed by atoms with van der Waals surface area (Å²) in [6, 6.07) is 4.38. The summed E-state index contributed by atoms with van der Waals surface area (Å²) in [5.74, 6) is 0. The fourth-order valence-electron chi connectivity index (χ4n) is 1.79. The Balaban J connectivity index is 2.54. The number of hydrogen-bond acceptors (Lipinski definition) is 1. The van der Waals surface area contributed by atoms with Crippen LogP contribution in [0, 0.1) is 20.8 Å². The first-order chi connectivity index (χ1) is 6.04. The van der Waals surface area contributed by atoms with Gasteiger partial charge in [0.1, 0.15) is 5.60 Å². The van der Waals surface area contributed by atoms with Crippen LogP contribution in [0.15, 0.2) is 12.1 Å². The van der Waals surface area contributed by atoms with Crippen molar-refractivity contribution in [3.63, 3.8) is 0 Å². The van der Waals surface area contributed by atoms with Gasteiger partial charge in [-0.15, -0.1) is 0 Å². The van der Waals surface area contributed by atoms with E-state index in [-0.39, 0.29) is 5.60 Å². The zero-order valence-corrected chi connectivity index (χ0v) is 8.77. The first-order valence-electron chi connectivity index (χ1n) is 4.76. The lowest BCUT2D eigenvalue weighted by Crippen LogP contribution is -2.06. The standard InChI is InChI=1S/C12H16O/c1-8-5-6-11(10(3)9(8)2)12(4)7-13-12/h5-6H,7H2,1-4H3. The topological polar surface area (TPSA) is 12.5 Å². The van der Waals surface area contributed by atoms with Crippen molar-refractivity contribution >= 4 is 0 Å². The minimum absolute atomic E-state index is 0.0164. The van der Waals surface area contributed by atoms with Crippen molar-refractivity contribution in [3.05, 3.63) is 34.4 Å². The number of epoxide rings is 1. The Hall–Kier alpha value is -0.820. The predicted molar refractivity (Wildman–Crippen MR) is 54.0 cm³/mol. The van der Waals surface area contributed by atoms with E-state index < -0.39 is 0 Å². The van der Waals surface area contributed by atoms with Gasteiger partial charge in [0.05, 0.1) is 6.61 Å². The summed E-state index contributed by atoms with van der Waals surface area (Å²) in [4.78, 5) is 0. The second kappa shape index (κ2) is 2.58. The smallest absolute Gasteiger partial charge is 0.114 e. The Kier molecular flexibility index (Phi) is 1.74. The van der Waals surface area contributed by atoms with Crippen LogP contribution in [0.3, 0.4) is 0 Å². The molecule has 0 spiro atoms. The number of ether oxygens (including phenoxy) is 1. The summed E-state index contributed by atoms with van der Waals surface area (Å²) >= 11 is 0. The van der Waals surface area contributed by atoms with Crippen LogP contribution in [0.2, 0.25) is 0 Å². The Morgan fingerprint density at radius 2 is 1.77 bits per heavy atom. The predicted octanol–water partition coefficient (Wildman–Crippen LogP) is 2.86. The molecule has 1 heteroatoms. The summed E-state index contributed by atoms with van der Waals surface area (Å²) in [6.07, 6.45) is 0. The molecule has 1 unspecified atom stereocenters. The Morgan fingerprint density at radius 1 is 1.15 bits per heavy atom. The molecule has 13 heavy (non-hydrogen) atoms. The number of rotatable bonds is 1. The van der Waals surface area contributed by atoms with E-state index in [1.54, 1.807) is 0 Å². The third-order valence-corrected chi connectivity index (χ3v) is 3.21. The van der Waals surface area contributed by atoms with Crippen molar-refractivity contribution in [2.75, 3.05) is 6.61 Å². The van der Waals surface area contributed by atoms with Crippen molar-refractivity contribution < 1.29 is 4.74 Å². The Morgan fingerprint density at radius 3 is 2.31 bits per heavy atom. The second-order valence-corrected chi connectivity index (χ2v) is 4.20. The van der Waals surface area contributed by atoms with Gasteiger partial charge >= 0.3 is 0 Å². The average molecular weight is 176 g/mol. The molecule has 1 aliphatic rings. The zero-order chi connectivity index (χ0) is 9.64. The van der Waals surface area contributed by atoms with Crippen LogP contribution in [-0.2, 0) is 10.3 Å². The molecule has 0 aliphatic carbocycles. The molecule has 70 valence electrons. The highest BCUT2D eigenvalue weighted by atomic mass is 16.6. The number of aryl methyl sites for hydroxylation is 1. The van der Waals surface area contributed by atoms with Gasteiger partial charge in [-0.25, -0.2) is 0 Å². The first kappa shape index (κ1) is 8.76. The normalized spacial score (nSPS) is 26.2. The fourth-order valence-corrected chi connectivity index (χ4v) is 1.79. The van der Waals surface area contributed by atoms with E-state index in [2.05, 4.69) is 39.8 Å². The van der Waals surface area contributed by atoms with Gasteiger partial charge < -0.3 is 4.74 Å². The van der Waals surface area contributed by atoms with Gasteiger partial charge in [-0.3, -0.25) is 0 Å². The monoisotopic (exact) mass is 176 g/mol. The highest BCUT2D eigenvalue weighted by Crippen LogP contribution is 2.40. The molecule has 1 atom stereocenters.